The number of carbonyl (C=O) groups is 1. The average molecular weight is 317 g/mol. The van der Waals surface area contributed by atoms with Crippen LogP contribution >= 0.6 is 11.6 Å². The van der Waals surface area contributed by atoms with E-state index in [2.05, 4.69) is 0 Å². The lowest BCUT2D eigenvalue weighted by Gasteiger charge is -2.27. The van der Waals surface area contributed by atoms with Gasteiger partial charge < -0.3 is 10.6 Å². The normalized spacial score (nSPS) is 20.8. The third kappa shape index (κ3) is 3.07. The van der Waals surface area contributed by atoms with Crippen molar-refractivity contribution < 1.29 is 13.2 Å². The molecule has 1 amide bonds. The first kappa shape index (κ1) is 15.1. The summed E-state index contributed by atoms with van der Waals surface area (Å²) >= 11 is 5.83. The molecule has 1 aliphatic heterocycles. The van der Waals surface area contributed by atoms with Crippen LogP contribution in [0.3, 0.4) is 0 Å². The summed E-state index contributed by atoms with van der Waals surface area (Å²) in [7, 11) is -3.02. The van der Waals surface area contributed by atoms with Gasteiger partial charge in [-0.1, -0.05) is 11.6 Å². The van der Waals surface area contributed by atoms with Gasteiger partial charge in [0.05, 0.1) is 22.2 Å². The van der Waals surface area contributed by atoms with Crippen LogP contribution in [-0.2, 0) is 9.84 Å². The van der Waals surface area contributed by atoms with Gasteiger partial charge in [-0.3, -0.25) is 4.79 Å². The SMILES string of the molecule is CCN(C(=O)c1ccc(Cl)c(N)c1)C1CCS(=O)(=O)C1. The maximum absolute atomic E-state index is 12.5. The second kappa shape index (κ2) is 5.61. The van der Waals surface area contributed by atoms with Crippen LogP contribution in [0, 0.1) is 0 Å². The number of nitrogens with zero attached hydrogens (tertiary/aromatic N) is 1. The molecule has 20 heavy (non-hydrogen) atoms. The highest BCUT2D eigenvalue weighted by molar-refractivity contribution is 7.91. The Kier molecular flexibility index (Phi) is 4.25. The standard InChI is InChI=1S/C13H17ClN2O3S/c1-2-16(10-5-6-20(18,19)8-10)13(17)9-3-4-11(14)12(15)7-9/h3-4,7,10H,2,5-6,8,15H2,1H3. The van der Waals surface area contributed by atoms with Gasteiger partial charge in [-0.25, -0.2) is 8.42 Å². The Balaban J connectivity index is 2.23. The van der Waals surface area contributed by atoms with Crippen LogP contribution in [-0.4, -0.2) is 43.3 Å². The molecular formula is C13H17ClN2O3S. The Labute approximate surface area is 123 Å². The van der Waals surface area contributed by atoms with Crippen LogP contribution in [0.15, 0.2) is 18.2 Å². The molecule has 0 aliphatic carbocycles. The number of nitrogen functional groups attached to an aromatic ring is 1. The van der Waals surface area contributed by atoms with Gasteiger partial charge in [0.1, 0.15) is 0 Å². The molecule has 7 heteroatoms. The van der Waals surface area contributed by atoms with Gasteiger partial charge in [-0.2, -0.15) is 0 Å². The molecule has 1 aromatic rings. The quantitative estimate of drug-likeness (QED) is 0.858. The molecule has 0 radical (unpaired) electrons. The molecule has 0 saturated carbocycles. The topological polar surface area (TPSA) is 80.5 Å². The number of carbonyl (C=O) groups excluding carboxylic acids is 1. The zero-order valence-electron chi connectivity index (χ0n) is 11.2. The molecule has 2 rings (SSSR count). The van der Waals surface area contributed by atoms with Crippen LogP contribution in [0.25, 0.3) is 0 Å². The van der Waals surface area contributed by atoms with Gasteiger partial charge in [0.15, 0.2) is 9.84 Å². The Morgan fingerprint density at radius 1 is 1.50 bits per heavy atom. The zero-order valence-corrected chi connectivity index (χ0v) is 12.7. The number of benzene rings is 1. The third-order valence-corrected chi connectivity index (χ3v) is 5.59. The minimum atomic E-state index is -3.02. The lowest BCUT2D eigenvalue weighted by Crippen LogP contribution is -2.41. The minimum Gasteiger partial charge on any atom is -0.398 e. The number of hydrogen-bond acceptors (Lipinski definition) is 4. The van der Waals surface area contributed by atoms with Gasteiger partial charge in [0, 0.05) is 18.2 Å². The molecular weight excluding hydrogens is 300 g/mol. The van der Waals surface area contributed by atoms with E-state index in [0.29, 0.717) is 29.2 Å². The summed E-state index contributed by atoms with van der Waals surface area (Å²) in [6.45, 7) is 2.30. The van der Waals surface area contributed by atoms with Crippen molar-refractivity contribution in [3.8, 4) is 0 Å². The highest BCUT2D eigenvalue weighted by atomic mass is 35.5. The predicted molar refractivity (Wildman–Crippen MR) is 79.6 cm³/mol. The first-order valence-electron chi connectivity index (χ1n) is 6.40. The number of sulfone groups is 1. The molecule has 0 bridgehead atoms. The number of anilines is 1. The summed E-state index contributed by atoms with van der Waals surface area (Å²) in [5.74, 6) is -0.0298. The average Bonchev–Trinajstić information content (AvgIpc) is 2.74. The molecule has 1 saturated heterocycles. The number of rotatable bonds is 3. The summed E-state index contributed by atoms with van der Waals surface area (Å²) < 4.78 is 23.1. The third-order valence-electron chi connectivity index (χ3n) is 3.49. The first-order valence-corrected chi connectivity index (χ1v) is 8.60. The molecule has 2 N–H and O–H groups in total. The van der Waals surface area contributed by atoms with Crippen LogP contribution in [0.1, 0.15) is 23.7 Å². The maximum atomic E-state index is 12.5. The lowest BCUT2D eigenvalue weighted by molar-refractivity contribution is 0.0708. The van der Waals surface area contributed by atoms with Crippen molar-refractivity contribution in [1.82, 2.24) is 4.90 Å². The zero-order chi connectivity index (χ0) is 14.9. The van der Waals surface area contributed by atoms with Gasteiger partial charge in [0.2, 0.25) is 0 Å². The van der Waals surface area contributed by atoms with Crippen molar-refractivity contribution in [2.75, 3.05) is 23.8 Å². The highest BCUT2D eigenvalue weighted by Gasteiger charge is 2.34. The summed E-state index contributed by atoms with van der Waals surface area (Å²) in [5.41, 5.74) is 6.47. The molecule has 0 spiro atoms. The molecule has 1 aliphatic rings. The molecule has 0 aromatic heterocycles. The van der Waals surface area contributed by atoms with Gasteiger partial charge >= 0.3 is 0 Å². The summed E-state index contributed by atoms with van der Waals surface area (Å²) in [6, 6.07) is 4.45. The number of amides is 1. The molecule has 1 unspecified atom stereocenters. The van der Waals surface area contributed by atoms with E-state index in [4.69, 9.17) is 17.3 Å². The number of hydrogen-bond donors (Lipinski definition) is 1. The minimum absolute atomic E-state index is 0.0374. The maximum Gasteiger partial charge on any atom is 0.254 e. The van der Waals surface area contributed by atoms with E-state index in [1.165, 1.54) is 6.07 Å². The monoisotopic (exact) mass is 316 g/mol. The molecule has 110 valence electrons. The Bertz CT molecular complexity index is 631. The Hall–Kier alpha value is -1.27. The van der Waals surface area contributed by atoms with E-state index < -0.39 is 9.84 Å². The fourth-order valence-electron chi connectivity index (χ4n) is 2.43. The van der Waals surface area contributed by atoms with Gasteiger partial charge in [-0.15, -0.1) is 0 Å². The van der Waals surface area contributed by atoms with E-state index in [1.54, 1.807) is 17.0 Å². The van der Waals surface area contributed by atoms with E-state index in [9.17, 15) is 13.2 Å². The second-order valence-corrected chi connectivity index (χ2v) is 7.52. The smallest absolute Gasteiger partial charge is 0.254 e. The summed E-state index contributed by atoms with van der Waals surface area (Å²) in [5, 5.41) is 0.396. The summed E-state index contributed by atoms with van der Waals surface area (Å²) in [4.78, 5) is 14.1. The molecule has 5 nitrogen and oxygen atoms in total. The largest absolute Gasteiger partial charge is 0.398 e. The Morgan fingerprint density at radius 2 is 2.20 bits per heavy atom. The van der Waals surface area contributed by atoms with Crippen molar-refractivity contribution in [3.63, 3.8) is 0 Å². The molecule has 1 heterocycles. The fraction of sp³-hybridized carbons (Fsp3) is 0.462. The first-order chi connectivity index (χ1) is 9.34. The van der Waals surface area contributed by atoms with E-state index >= 15 is 0 Å². The predicted octanol–water partition coefficient (Wildman–Crippen LogP) is 1.57. The lowest BCUT2D eigenvalue weighted by atomic mass is 10.1. The van der Waals surface area contributed by atoms with Crippen molar-refractivity contribution >= 4 is 33.0 Å². The summed E-state index contributed by atoms with van der Waals surface area (Å²) in [6.07, 6.45) is 0.491. The fourth-order valence-corrected chi connectivity index (χ4v) is 4.28. The van der Waals surface area contributed by atoms with Gasteiger partial charge in [-0.05, 0) is 31.5 Å². The Morgan fingerprint density at radius 3 is 2.70 bits per heavy atom. The van der Waals surface area contributed by atoms with Gasteiger partial charge in [0.25, 0.3) is 5.91 Å². The molecule has 1 atom stereocenters. The second-order valence-electron chi connectivity index (χ2n) is 4.88. The van der Waals surface area contributed by atoms with Crippen molar-refractivity contribution in [1.29, 1.82) is 0 Å². The molecule has 1 fully saturated rings. The molecule has 1 aromatic carbocycles. The van der Waals surface area contributed by atoms with Crippen molar-refractivity contribution in [2.45, 2.75) is 19.4 Å². The number of halogens is 1. The van der Waals surface area contributed by atoms with E-state index in [0.717, 1.165) is 0 Å². The van der Waals surface area contributed by atoms with Crippen molar-refractivity contribution in [2.24, 2.45) is 0 Å². The van der Waals surface area contributed by atoms with Crippen LogP contribution in [0.2, 0.25) is 5.02 Å². The van der Waals surface area contributed by atoms with Crippen molar-refractivity contribution in [3.05, 3.63) is 28.8 Å². The van der Waals surface area contributed by atoms with Crippen LogP contribution in [0.4, 0.5) is 5.69 Å². The van der Waals surface area contributed by atoms with Crippen LogP contribution < -0.4 is 5.73 Å². The van der Waals surface area contributed by atoms with Crippen LogP contribution in [0.5, 0.6) is 0 Å². The van der Waals surface area contributed by atoms with E-state index in [-0.39, 0.29) is 23.5 Å². The highest BCUT2D eigenvalue weighted by Crippen LogP contribution is 2.23. The number of nitrogens with two attached hydrogens (primary N) is 1. The van der Waals surface area contributed by atoms with E-state index in [1.807, 2.05) is 6.92 Å².